The Kier molecular flexibility index (Phi) is 7.48. The Hall–Kier alpha value is -2.83. The zero-order chi connectivity index (χ0) is 18.1. The number of hydrogen-bond acceptors (Lipinski definition) is 6. The molecule has 1 unspecified atom stereocenters. The van der Waals surface area contributed by atoms with Gasteiger partial charge >= 0.3 is 5.97 Å². The van der Waals surface area contributed by atoms with Crippen molar-refractivity contribution >= 4 is 17.7 Å². The number of carbonyl (C=O) groups is 3. The molecule has 0 saturated carbocycles. The van der Waals surface area contributed by atoms with E-state index in [2.05, 4.69) is 10.1 Å². The number of hydrogen-bond donors (Lipinski definition) is 1. The van der Waals surface area contributed by atoms with Gasteiger partial charge in [0, 0.05) is 6.08 Å². The minimum Gasteiger partial charge on any atom is -0.493 e. The highest BCUT2D eigenvalue weighted by molar-refractivity contribution is 5.96. The van der Waals surface area contributed by atoms with E-state index in [1.807, 2.05) is 0 Å². The molecule has 0 aliphatic rings. The predicted molar refractivity (Wildman–Crippen MR) is 86.9 cm³/mol. The fraction of sp³-hybridized carbons (Fsp3) is 0.353. The third-order valence-corrected chi connectivity index (χ3v) is 3.19. The molecule has 0 aliphatic carbocycles. The molecule has 0 aliphatic heterocycles. The van der Waals surface area contributed by atoms with Gasteiger partial charge in [-0.1, -0.05) is 6.07 Å². The van der Waals surface area contributed by atoms with Crippen molar-refractivity contribution in [3.8, 4) is 11.5 Å². The van der Waals surface area contributed by atoms with Crippen LogP contribution in [0.3, 0.4) is 0 Å². The number of ketones is 1. The van der Waals surface area contributed by atoms with Gasteiger partial charge < -0.3 is 19.5 Å². The van der Waals surface area contributed by atoms with E-state index < -0.39 is 17.9 Å². The molecule has 7 heteroatoms. The van der Waals surface area contributed by atoms with Gasteiger partial charge in [-0.3, -0.25) is 14.4 Å². The number of methoxy groups -OCH3 is 3. The lowest BCUT2D eigenvalue weighted by Gasteiger charge is -2.19. The molecular formula is C17H21NO6. The second kappa shape index (κ2) is 9.34. The van der Waals surface area contributed by atoms with Crippen molar-refractivity contribution in [2.24, 2.45) is 0 Å². The largest absolute Gasteiger partial charge is 0.493 e. The summed E-state index contributed by atoms with van der Waals surface area (Å²) in [6, 6.07) is 4.42. The number of benzene rings is 1. The fourth-order valence-electron chi connectivity index (χ4n) is 1.98. The molecule has 0 radical (unpaired) electrons. The topological polar surface area (TPSA) is 90.9 Å². The van der Waals surface area contributed by atoms with Crippen molar-refractivity contribution in [1.82, 2.24) is 5.32 Å². The van der Waals surface area contributed by atoms with Crippen LogP contribution < -0.4 is 14.8 Å². The van der Waals surface area contributed by atoms with Gasteiger partial charge in [-0.05, 0) is 30.7 Å². The smallest absolute Gasteiger partial charge is 0.307 e. The third-order valence-electron chi connectivity index (χ3n) is 3.19. The first-order valence-corrected chi connectivity index (χ1v) is 7.19. The highest BCUT2D eigenvalue weighted by atomic mass is 16.5. The molecule has 0 aromatic heterocycles. The summed E-state index contributed by atoms with van der Waals surface area (Å²) in [7, 11) is 4.27. The molecule has 1 atom stereocenters. The predicted octanol–water partition coefficient (Wildman–Crippen LogP) is 1.57. The maximum atomic E-state index is 11.9. The summed E-state index contributed by atoms with van der Waals surface area (Å²) in [5.74, 6) is -0.223. The summed E-state index contributed by atoms with van der Waals surface area (Å²) in [6.07, 6.45) is 2.21. The molecule has 1 amide bonds. The third kappa shape index (κ3) is 5.75. The van der Waals surface area contributed by atoms with Crippen LogP contribution in [0.5, 0.6) is 11.5 Å². The van der Waals surface area contributed by atoms with Crippen LogP contribution in [0.4, 0.5) is 0 Å². The first-order valence-electron chi connectivity index (χ1n) is 7.19. The van der Waals surface area contributed by atoms with Crippen molar-refractivity contribution in [2.45, 2.75) is 19.4 Å². The van der Waals surface area contributed by atoms with Gasteiger partial charge in [0.1, 0.15) is 0 Å². The maximum absolute atomic E-state index is 11.9. The average Bonchev–Trinajstić information content (AvgIpc) is 2.58. The zero-order valence-corrected chi connectivity index (χ0v) is 14.1. The van der Waals surface area contributed by atoms with Crippen molar-refractivity contribution in [2.75, 3.05) is 21.3 Å². The second-order valence-electron chi connectivity index (χ2n) is 4.90. The van der Waals surface area contributed by atoms with Gasteiger partial charge in [0.2, 0.25) is 5.91 Å². The molecule has 24 heavy (non-hydrogen) atoms. The molecule has 0 saturated heterocycles. The monoisotopic (exact) mass is 335 g/mol. The van der Waals surface area contributed by atoms with E-state index in [1.165, 1.54) is 28.3 Å². The van der Waals surface area contributed by atoms with E-state index >= 15 is 0 Å². The minimum absolute atomic E-state index is 0.0639. The lowest BCUT2D eigenvalue weighted by atomic mass is 10.0. The van der Waals surface area contributed by atoms with Crippen LogP contribution in [0.1, 0.15) is 24.9 Å². The van der Waals surface area contributed by atoms with Crippen molar-refractivity contribution in [3.05, 3.63) is 35.9 Å². The highest BCUT2D eigenvalue weighted by Crippen LogP contribution is 2.31. The van der Waals surface area contributed by atoms with Crippen LogP contribution in [-0.4, -0.2) is 39.0 Å². The Morgan fingerprint density at radius 3 is 2.29 bits per heavy atom. The normalized spacial score (nSPS) is 11.7. The van der Waals surface area contributed by atoms with Crippen LogP contribution in [0.15, 0.2) is 30.4 Å². The number of esters is 1. The van der Waals surface area contributed by atoms with Crippen LogP contribution in [0, 0.1) is 0 Å². The molecule has 0 bridgehead atoms. The SMILES string of the molecule is COC(=O)CC(NC(=O)/C=C/C(C)=O)c1ccc(OC)c(OC)c1. The van der Waals surface area contributed by atoms with Gasteiger partial charge in [0.05, 0.1) is 33.8 Å². The maximum Gasteiger partial charge on any atom is 0.307 e. The second-order valence-corrected chi connectivity index (χ2v) is 4.90. The summed E-state index contributed by atoms with van der Waals surface area (Å²) in [4.78, 5) is 34.5. The first-order chi connectivity index (χ1) is 11.4. The summed E-state index contributed by atoms with van der Waals surface area (Å²) in [5, 5.41) is 2.67. The molecule has 0 spiro atoms. The zero-order valence-electron chi connectivity index (χ0n) is 14.1. The van der Waals surface area contributed by atoms with E-state index in [1.54, 1.807) is 18.2 Å². The van der Waals surface area contributed by atoms with E-state index in [4.69, 9.17) is 9.47 Å². The van der Waals surface area contributed by atoms with Gasteiger partial charge in [-0.2, -0.15) is 0 Å². The first kappa shape index (κ1) is 19.2. The Balaban J connectivity index is 3.07. The van der Waals surface area contributed by atoms with Gasteiger partial charge in [-0.25, -0.2) is 0 Å². The average molecular weight is 335 g/mol. The highest BCUT2D eigenvalue weighted by Gasteiger charge is 2.20. The molecule has 0 fully saturated rings. The van der Waals surface area contributed by atoms with Crippen molar-refractivity contribution in [1.29, 1.82) is 0 Å². The Morgan fingerprint density at radius 2 is 1.75 bits per heavy atom. The molecule has 0 heterocycles. The minimum atomic E-state index is -0.638. The number of amides is 1. The Morgan fingerprint density at radius 1 is 1.08 bits per heavy atom. The summed E-state index contributed by atoms with van der Waals surface area (Å²) in [6.45, 7) is 1.34. The van der Waals surface area contributed by atoms with E-state index in [0.717, 1.165) is 12.2 Å². The van der Waals surface area contributed by atoms with Crippen LogP contribution >= 0.6 is 0 Å². The van der Waals surface area contributed by atoms with Crippen LogP contribution in [0.25, 0.3) is 0 Å². The van der Waals surface area contributed by atoms with Crippen molar-refractivity contribution in [3.63, 3.8) is 0 Å². The van der Waals surface area contributed by atoms with Gasteiger partial charge in [0.25, 0.3) is 0 Å². The Bertz CT molecular complexity index is 638. The molecule has 1 N–H and O–H groups in total. The number of ether oxygens (including phenoxy) is 3. The van der Waals surface area contributed by atoms with Gasteiger partial charge in [-0.15, -0.1) is 0 Å². The molecular weight excluding hydrogens is 314 g/mol. The van der Waals surface area contributed by atoms with E-state index in [9.17, 15) is 14.4 Å². The number of carbonyl (C=O) groups excluding carboxylic acids is 3. The van der Waals surface area contributed by atoms with E-state index in [-0.39, 0.29) is 12.2 Å². The van der Waals surface area contributed by atoms with Gasteiger partial charge in [0.15, 0.2) is 17.3 Å². The number of nitrogens with one attached hydrogen (secondary N) is 1. The molecule has 130 valence electrons. The number of allylic oxidation sites excluding steroid dienone is 1. The lowest BCUT2D eigenvalue weighted by molar-refractivity contribution is -0.141. The van der Waals surface area contributed by atoms with Crippen LogP contribution in [-0.2, 0) is 19.1 Å². The fourth-order valence-corrected chi connectivity index (χ4v) is 1.98. The Labute approximate surface area is 140 Å². The number of rotatable bonds is 8. The molecule has 7 nitrogen and oxygen atoms in total. The van der Waals surface area contributed by atoms with Crippen LogP contribution in [0.2, 0.25) is 0 Å². The van der Waals surface area contributed by atoms with E-state index in [0.29, 0.717) is 17.1 Å². The summed E-state index contributed by atoms with van der Waals surface area (Å²) < 4.78 is 15.1. The molecule has 1 aromatic carbocycles. The lowest BCUT2D eigenvalue weighted by Crippen LogP contribution is -2.29. The molecule has 1 rings (SSSR count). The summed E-state index contributed by atoms with van der Waals surface area (Å²) >= 11 is 0. The summed E-state index contributed by atoms with van der Waals surface area (Å²) in [5.41, 5.74) is 0.641. The quantitative estimate of drug-likeness (QED) is 0.573. The standard InChI is InChI=1S/C17H21NO6/c1-11(19)5-8-16(20)18-13(10-17(21)24-4)12-6-7-14(22-2)15(9-12)23-3/h5-9,13H,10H2,1-4H3,(H,18,20)/b8-5+. The molecule has 1 aromatic rings. The van der Waals surface area contributed by atoms with Crippen molar-refractivity contribution < 1.29 is 28.6 Å².